The van der Waals surface area contributed by atoms with Gasteiger partial charge in [0.05, 0.1) is 17.9 Å². The Morgan fingerprint density at radius 2 is 2.29 bits per heavy atom. The Morgan fingerprint density at radius 1 is 1.50 bits per heavy atom. The average Bonchev–Trinajstić information content (AvgIpc) is 3.14. The van der Waals surface area contributed by atoms with Gasteiger partial charge in [-0.15, -0.1) is 11.3 Å². The van der Waals surface area contributed by atoms with Crippen LogP contribution in [-0.2, 0) is 11.2 Å². The number of amides is 2. The van der Waals surface area contributed by atoms with Crippen molar-refractivity contribution in [3.05, 3.63) is 33.4 Å². The van der Waals surface area contributed by atoms with Crippen LogP contribution in [0.25, 0.3) is 11.3 Å². The molecular weight excluding hydrogens is 385 g/mol. The van der Waals surface area contributed by atoms with Crippen molar-refractivity contribution >= 4 is 23.2 Å². The first-order valence-electron chi connectivity index (χ1n) is 8.56. The van der Waals surface area contributed by atoms with Crippen molar-refractivity contribution in [2.24, 2.45) is 5.73 Å². The quantitative estimate of drug-likeness (QED) is 0.692. The van der Waals surface area contributed by atoms with Crippen LogP contribution < -0.4 is 10.5 Å². The molecule has 9 heteroatoms. The van der Waals surface area contributed by atoms with Crippen LogP contribution in [0.3, 0.4) is 0 Å². The van der Waals surface area contributed by atoms with Gasteiger partial charge in [0.25, 0.3) is 11.8 Å². The van der Waals surface area contributed by atoms with Gasteiger partial charge >= 0.3 is 0 Å². The SMILES string of the molecule is CN1CCC(O)(C#Cc2cc3c(cc2F)OCCc2sc(C(N)=O)nc2-3)C1=O. The fourth-order valence-electron chi connectivity index (χ4n) is 3.19. The van der Waals surface area contributed by atoms with Crippen molar-refractivity contribution in [3.8, 4) is 28.8 Å². The third kappa shape index (κ3) is 3.00. The van der Waals surface area contributed by atoms with Gasteiger partial charge in [-0.05, 0) is 6.07 Å². The molecule has 1 fully saturated rings. The summed E-state index contributed by atoms with van der Waals surface area (Å²) >= 11 is 1.18. The number of nitrogens with two attached hydrogens (primary N) is 1. The molecule has 1 aromatic heterocycles. The summed E-state index contributed by atoms with van der Waals surface area (Å²) in [6.07, 6.45) is 0.668. The van der Waals surface area contributed by atoms with Crippen LogP contribution >= 0.6 is 11.3 Å². The van der Waals surface area contributed by atoms with Crippen molar-refractivity contribution in [3.63, 3.8) is 0 Å². The maximum atomic E-state index is 14.5. The standard InChI is InChI=1S/C19H16FN3O4S/c1-23-6-5-19(26,18(23)25)4-2-10-8-11-13(9-12(10)20)27-7-3-14-15(11)22-17(28-14)16(21)24/h8-9,26H,3,5-7H2,1H3,(H2,21,24). The van der Waals surface area contributed by atoms with Crippen LogP contribution in [0.15, 0.2) is 12.1 Å². The summed E-state index contributed by atoms with van der Waals surface area (Å²) < 4.78 is 20.1. The molecule has 2 aliphatic rings. The predicted molar refractivity (Wildman–Crippen MR) is 99.3 cm³/mol. The minimum atomic E-state index is -1.82. The largest absolute Gasteiger partial charge is 0.492 e. The van der Waals surface area contributed by atoms with E-state index in [1.165, 1.54) is 28.4 Å². The van der Waals surface area contributed by atoms with Crippen LogP contribution in [0.2, 0.25) is 0 Å². The molecule has 0 saturated carbocycles. The molecule has 2 aromatic rings. The molecule has 1 saturated heterocycles. The molecule has 4 rings (SSSR count). The summed E-state index contributed by atoms with van der Waals surface area (Å²) in [4.78, 5) is 30.0. The summed E-state index contributed by atoms with van der Waals surface area (Å²) in [5.41, 5.74) is 4.50. The fraction of sp³-hybridized carbons (Fsp3) is 0.316. The van der Waals surface area contributed by atoms with Crippen LogP contribution in [0.5, 0.6) is 5.75 Å². The molecule has 1 atom stereocenters. The molecule has 2 amide bonds. The molecule has 0 radical (unpaired) electrons. The van der Waals surface area contributed by atoms with E-state index in [0.717, 1.165) is 4.88 Å². The van der Waals surface area contributed by atoms with E-state index in [4.69, 9.17) is 10.5 Å². The second-order valence-electron chi connectivity index (χ2n) is 6.67. The maximum absolute atomic E-state index is 14.5. The number of rotatable bonds is 1. The number of ether oxygens (including phenoxy) is 1. The average molecular weight is 401 g/mol. The number of nitrogens with zero attached hydrogens (tertiary/aromatic N) is 2. The maximum Gasteiger partial charge on any atom is 0.277 e. The number of likely N-dealkylation sites (tertiary alicyclic amines) is 1. The number of benzene rings is 1. The number of hydrogen-bond donors (Lipinski definition) is 2. The monoisotopic (exact) mass is 401 g/mol. The number of aromatic nitrogens is 1. The van der Waals surface area contributed by atoms with Crippen molar-refractivity contribution in [2.45, 2.75) is 18.4 Å². The molecule has 3 N–H and O–H groups in total. The molecule has 1 aromatic carbocycles. The Hall–Kier alpha value is -2.96. The van der Waals surface area contributed by atoms with Crippen molar-refractivity contribution in [1.29, 1.82) is 0 Å². The third-order valence-corrected chi connectivity index (χ3v) is 5.86. The first-order chi connectivity index (χ1) is 13.3. The molecule has 3 heterocycles. The molecule has 0 bridgehead atoms. The molecule has 0 spiro atoms. The summed E-state index contributed by atoms with van der Waals surface area (Å²) in [7, 11) is 1.57. The number of carbonyl (C=O) groups is 2. The van der Waals surface area contributed by atoms with Gasteiger partial charge in [-0.3, -0.25) is 9.59 Å². The van der Waals surface area contributed by atoms with Gasteiger partial charge in [0, 0.05) is 42.9 Å². The lowest BCUT2D eigenvalue weighted by molar-refractivity contribution is -0.137. The molecule has 0 aliphatic carbocycles. The summed E-state index contributed by atoms with van der Waals surface area (Å²) in [5.74, 6) is 3.60. The number of aliphatic hydroxyl groups is 1. The number of likely N-dealkylation sites (N-methyl/N-ethyl adjacent to an activating group) is 1. The Morgan fingerprint density at radius 3 is 2.96 bits per heavy atom. The molecule has 7 nitrogen and oxygen atoms in total. The summed E-state index contributed by atoms with van der Waals surface area (Å²) in [6.45, 7) is 0.689. The van der Waals surface area contributed by atoms with E-state index in [-0.39, 0.29) is 17.0 Å². The highest BCUT2D eigenvalue weighted by Crippen LogP contribution is 2.38. The van der Waals surface area contributed by atoms with Crippen LogP contribution in [-0.4, -0.2) is 52.6 Å². The zero-order chi connectivity index (χ0) is 20.1. The number of halogens is 1. The van der Waals surface area contributed by atoms with E-state index in [1.54, 1.807) is 7.05 Å². The molecule has 28 heavy (non-hydrogen) atoms. The van der Waals surface area contributed by atoms with E-state index < -0.39 is 23.2 Å². The molecule has 2 aliphatic heterocycles. The zero-order valence-corrected chi connectivity index (χ0v) is 15.7. The topological polar surface area (TPSA) is 106 Å². The summed E-state index contributed by atoms with van der Waals surface area (Å²) in [5, 5.41) is 10.6. The third-order valence-electron chi connectivity index (χ3n) is 4.73. The highest BCUT2D eigenvalue weighted by atomic mass is 32.1. The van der Waals surface area contributed by atoms with E-state index in [9.17, 15) is 19.1 Å². The predicted octanol–water partition coefficient (Wildman–Crippen LogP) is 0.928. The van der Waals surface area contributed by atoms with Crippen LogP contribution in [0.1, 0.15) is 26.7 Å². The van der Waals surface area contributed by atoms with Crippen molar-refractivity contribution < 1.29 is 23.8 Å². The second-order valence-corrected chi connectivity index (χ2v) is 7.75. The number of thiazole rings is 1. The smallest absolute Gasteiger partial charge is 0.277 e. The number of primary amides is 1. The van der Waals surface area contributed by atoms with Crippen molar-refractivity contribution in [2.75, 3.05) is 20.2 Å². The molecule has 144 valence electrons. The molecular formula is C19H16FN3O4S. The normalized spacial score (nSPS) is 20.5. The van der Waals surface area contributed by atoms with Gasteiger partial charge in [0.15, 0.2) is 5.01 Å². The lowest BCUT2D eigenvalue weighted by Gasteiger charge is -2.13. The number of hydrogen-bond acceptors (Lipinski definition) is 6. The fourth-order valence-corrected chi connectivity index (χ4v) is 4.09. The lowest BCUT2D eigenvalue weighted by Crippen LogP contribution is -2.37. The van der Waals surface area contributed by atoms with Gasteiger partial charge < -0.3 is 20.5 Å². The Kier molecular flexibility index (Phi) is 4.33. The first-order valence-corrected chi connectivity index (χ1v) is 9.37. The minimum Gasteiger partial charge on any atom is -0.492 e. The molecule has 1 unspecified atom stereocenters. The van der Waals surface area contributed by atoms with Gasteiger partial charge in [0.1, 0.15) is 11.6 Å². The van der Waals surface area contributed by atoms with E-state index in [0.29, 0.717) is 36.6 Å². The number of carbonyl (C=O) groups excluding carboxylic acids is 2. The second kappa shape index (κ2) is 6.58. The number of fused-ring (bicyclic) bond motifs is 3. The highest BCUT2D eigenvalue weighted by Gasteiger charge is 2.42. The highest BCUT2D eigenvalue weighted by molar-refractivity contribution is 7.14. The van der Waals surface area contributed by atoms with Gasteiger partial charge in [-0.2, -0.15) is 0 Å². The van der Waals surface area contributed by atoms with Crippen molar-refractivity contribution in [1.82, 2.24) is 9.88 Å². The minimum absolute atomic E-state index is 0.000368. The summed E-state index contributed by atoms with van der Waals surface area (Å²) in [6, 6.07) is 2.66. The van der Waals surface area contributed by atoms with Crippen LogP contribution in [0.4, 0.5) is 4.39 Å². The van der Waals surface area contributed by atoms with E-state index in [1.807, 2.05) is 0 Å². The first kappa shape index (κ1) is 18.4. The van der Waals surface area contributed by atoms with Gasteiger partial charge in [-0.1, -0.05) is 11.8 Å². The van der Waals surface area contributed by atoms with E-state index in [2.05, 4.69) is 16.8 Å². The van der Waals surface area contributed by atoms with Crippen LogP contribution in [0, 0.1) is 17.7 Å². The van der Waals surface area contributed by atoms with Gasteiger partial charge in [0.2, 0.25) is 5.60 Å². The Balaban J connectivity index is 1.79. The Labute approximate surface area is 163 Å². The lowest BCUT2D eigenvalue weighted by atomic mass is 10.0. The zero-order valence-electron chi connectivity index (χ0n) is 14.9. The van der Waals surface area contributed by atoms with Gasteiger partial charge in [-0.25, -0.2) is 9.37 Å². The Bertz CT molecular complexity index is 1070. The van der Waals surface area contributed by atoms with E-state index >= 15 is 0 Å².